The van der Waals surface area contributed by atoms with Gasteiger partial charge in [0.2, 0.25) is 5.91 Å². The van der Waals surface area contributed by atoms with Gasteiger partial charge < -0.3 is 19.4 Å². The molecule has 1 atom stereocenters. The topological polar surface area (TPSA) is 78.3 Å². The number of amides is 1. The summed E-state index contributed by atoms with van der Waals surface area (Å²) in [5, 5.41) is 12.3. The molecule has 0 spiro atoms. The lowest BCUT2D eigenvalue weighted by Gasteiger charge is -2.17. The molecule has 0 aliphatic rings. The number of ether oxygens (including phenoxy) is 2. The first-order chi connectivity index (χ1) is 14.9. The van der Waals surface area contributed by atoms with Gasteiger partial charge >= 0.3 is 0 Å². The summed E-state index contributed by atoms with van der Waals surface area (Å²) in [6.07, 6.45) is -0.331. The third-order valence-corrected chi connectivity index (χ3v) is 5.75. The zero-order valence-electron chi connectivity index (χ0n) is 18.5. The van der Waals surface area contributed by atoms with Crippen LogP contribution in [0.15, 0.2) is 47.6 Å². The minimum Gasteiger partial charge on any atom is -0.493 e. The fourth-order valence-electron chi connectivity index (χ4n) is 3.23. The summed E-state index contributed by atoms with van der Waals surface area (Å²) >= 11 is 1.36. The highest BCUT2D eigenvalue weighted by Gasteiger charge is 2.20. The van der Waals surface area contributed by atoms with Crippen LogP contribution in [-0.4, -0.2) is 33.5 Å². The summed E-state index contributed by atoms with van der Waals surface area (Å²) in [6.45, 7) is 8.62. The predicted molar refractivity (Wildman–Crippen MR) is 123 cm³/mol. The van der Waals surface area contributed by atoms with Gasteiger partial charge in [0.1, 0.15) is 0 Å². The van der Waals surface area contributed by atoms with E-state index in [1.165, 1.54) is 11.8 Å². The van der Waals surface area contributed by atoms with Gasteiger partial charge in [-0.3, -0.25) is 4.79 Å². The van der Waals surface area contributed by atoms with Crippen LogP contribution in [0.5, 0.6) is 11.5 Å². The van der Waals surface area contributed by atoms with Crippen LogP contribution in [0.4, 0.5) is 5.69 Å². The van der Waals surface area contributed by atoms with Gasteiger partial charge in [-0.15, -0.1) is 10.2 Å². The molecule has 1 amide bonds. The number of carbonyl (C=O) groups excluding carboxylic acids is 1. The zero-order valence-corrected chi connectivity index (χ0v) is 19.3. The Bertz CT molecular complexity index is 1050. The standard InChI is InChI=1S/C23H28N4O3S/c1-6-27-22(17(4)30-20-10-8-7-9-19(20)29-5)25-26-23(27)31-14-21(28)24-18-12-11-15(2)13-16(18)3/h7-13,17H,6,14H2,1-5H3,(H,24,28). The molecule has 1 aromatic heterocycles. The Kier molecular flexibility index (Phi) is 7.57. The number of carbonyl (C=O) groups is 1. The Hall–Kier alpha value is -3.00. The number of nitrogens with zero attached hydrogens (tertiary/aromatic N) is 3. The van der Waals surface area contributed by atoms with Gasteiger partial charge in [0, 0.05) is 12.2 Å². The van der Waals surface area contributed by atoms with E-state index in [2.05, 4.69) is 15.5 Å². The Balaban J connectivity index is 1.66. The van der Waals surface area contributed by atoms with E-state index in [0.29, 0.717) is 29.0 Å². The molecule has 2 aromatic carbocycles. The number of aryl methyl sites for hydroxylation is 2. The smallest absolute Gasteiger partial charge is 0.234 e. The van der Waals surface area contributed by atoms with Gasteiger partial charge in [-0.2, -0.15) is 0 Å². The van der Waals surface area contributed by atoms with Crippen molar-refractivity contribution in [2.75, 3.05) is 18.2 Å². The van der Waals surface area contributed by atoms with E-state index in [-0.39, 0.29) is 17.8 Å². The average molecular weight is 441 g/mol. The van der Waals surface area contributed by atoms with Gasteiger partial charge in [-0.1, -0.05) is 41.6 Å². The first-order valence-corrected chi connectivity index (χ1v) is 11.1. The van der Waals surface area contributed by atoms with Crippen molar-refractivity contribution < 1.29 is 14.3 Å². The number of hydrogen-bond acceptors (Lipinski definition) is 6. The molecule has 3 aromatic rings. The number of anilines is 1. The molecular formula is C23H28N4O3S. The molecule has 1 N–H and O–H groups in total. The Morgan fingerprint density at radius 1 is 1.16 bits per heavy atom. The maximum Gasteiger partial charge on any atom is 0.234 e. The van der Waals surface area contributed by atoms with E-state index in [4.69, 9.17) is 9.47 Å². The maximum absolute atomic E-state index is 12.4. The van der Waals surface area contributed by atoms with Gasteiger partial charge in [0.15, 0.2) is 28.6 Å². The summed E-state index contributed by atoms with van der Waals surface area (Å²) in [6, 6.07) is 13.5. The second-order valence-electron chi connectivity index (χ2n) is 7.15. The first kappa shape index (κ1) is 22.7. The number of rotatable bonds is 9. The summed E-state index contributed by atoms with van der Waals surface area (Å²) in [7, 11) is 1.61. The molecule has 1 heterocycles. The third kappa shape index (κ3) is 5.58. The highest BCUT2D eigenvalue weighted by atomic mass is 32.2. The zero-order chi connectivity index (χ0) is 22.4. The van der Waals surface area contributed by atoms with Crippen LogP contribution in [0.3, 0.4) is 0 Å². The summed E-state index contributed by atoms with van der Waals surface area (Å²) < 4.78 is 13.4. The van der Waals surface area contributed by atoms with Crippen molar-refractivity contribution in [3.63, 3.8) is 0 Å². The van der Waals surface area contributed by atoms with Crippen molar-refractivity contribution in [1.82, 2.24) is 14.8 Å². The molecule has 0 bridgehead atoms. The number of benzene rings is 2. The van der Waals surface area contributed by atoms with E-state index < -0.39 is 0 Å². The normalized spacial score (nSPS) is 11.8. The predicted octanol–water partition coefficient (Wildman–Crippen LogP) is 4.79. The Morgan fingerprint density at radius 3 is 2.58 bits per heavy atom. The van der Waals surface area contributed by atoms with Crippen LogP contribution in [0.2, 0.25) is 0 Å². The highest BCUT2D eigenvalue weighted by Crippen LogP contribution is 2.31. The number of hydrogen-bond donors (Lipinski definition) is 1. The van der Waals surface area contributed by atoms with Gasteiger partial charge in [0.05, 0.1) is 12.9 Å². The lowest BCUT2D eigenvalue weighted by molar-refractivity contribution is -0.113. The van der Waals surface area contributed by atoms with Gasteiger partial charge in [-0.05, 0) is 51.5 Å². The molecule has 3 rings (SSSR count). The molecule has 7 nitrogen and oxygen atoms in total. The third-order valence-electron chi connectivity index (χ3n) is 4.79. The monoisotopic (exact) mass is 440 g/mol. The van der Waals surface area contributed by atoms with Crippen molar-refractivity contribution in [3.05, 3.63) is 59.4 Å². The first-order valence-electron chi connectivity index (χ1n) is 10.2. The van der Waals surface area contributed by atoms with Crippen molar-refractivity contribution >= 4 is 23.4 Å². The van der Waals surface area contributed by atoms with E-state index in [1.807, 2.05) is 74.7 Å². The van der Waals surface area contributed by atoms with Crippen molar-refractivity contribution in [1.29, 1.82) is 0 Å². The van der Waals surface area contributed by atoms with E-state index in [9.17, 15) is 4.79 Å². The number of aromatic nitrogens is 3. The van der Waals surface area contributed by atoms with Crippen LogP contribution >= 0.6 is 11.8 Å². The van der Waals surface area contributed by atoms with Crippen LogP contribution in [-0.2, 0) is 11.3 Å². The second kappa shape index (κ2) is 10.3. The van der Waals surface area contributed by atoms with E-state index >= 15 is 0 Å². The van der Waals surface area contributed by atoms with Crippen LogP contribution in [0, 0.1) is 13.8 Å². The van der Waals surface area contributed by atoms with Crippen molar-refractivity contribution in [3.8, 4) is 11.5 Å². The molecule has 0 radical (unpaired) electrons. The molecule has 8 heteroatoms. The number of thioether (sulfide) groups is 1. The lowest BCUT2D eigenvalue weighted by atomic mass is 10.1. The van der Waals surface area contributed by atoms with Crippen LogP contribution < -0.4 is 14.8 Å². The van der Waals surface area contributed by atoms with Crippen LogP contribution in [0.1, 0.15) is 36.9 Å². The molecule has 31 heavy (non-hydrogen) atoms. The SMILES string of the molecule is CCn1c(SCC(=O)Nc2ccc(C)cc2C)nnc1C(C)Oc1ccccc1OC. The maximum atomic E-state index is 12.4. The van der Waals surface area contributed by atoms with Crippen LogP contribution in [0.25, 0.3) is 0 Å². The minimum atomic E-state index is -0.331. The fraction of sp³-hybridized carbons (Fsp3) is 0.348. The van der Waals surface area contributed by atoms with Gasteiger partial charge in [-0.25, -0.2) is 0 Å². The largest absolute Gasteiger partial charge is 0.493 e. The van der Waals surface area contributed by atoms with E-state index in [0.717, 1.165) is 16.8 Å². The summed E-state index contributed by atoms with van der Waals surface area (Å²) in [5.74, 6) is 2.17. The molecule has 0 saturated heterocycles. The highest BCUT2D eigenvalue weighted by molar-refractivity contribution is 7.99. The molecule has 0 aliphatic heterocycles. The average Bonchev–Trinajstić information content (AvgIpc) is 3.17. The molecule has 0 aliphatic carbocycles. The minimum absolute atomic E-state index is 0.0810. The number of para-hydroxylation sites is 2. The second-order valence-corrected chi connectivity index (χ2v) is 8.09. The Morgan fingerprint density at radius 2 is 1.90 bits per heavy atom. The van der Waals surface area contributed by atoms with Crippen molar-refractivity contribution in [2.45, 2.75) is 45.5 Å². The van der Waals surface area contributed by atoms with E-state index in [1.54, 1.807) is 7.11 Å². The molecule has 1 unspecified atom stereocenters. The number of nitrogens with one attached hydrogen (secondary N) is 1. The molecular weight excluding hydrogens is 412 g/mol. The van der Waals surface area contributed by atoms with Gasteiger partial charge in [0.25, 0.3) is 0 Å². The molecule has 0 fully saturated rings. The lowest BCUT2D eigenvalue weighted by Crippen LogP contribution is -2.16. The Labute approximate surface area is 187 Å². The quantitative estimate of drug-likeness (QED) is 0.482. The molecule has 0 saturated carbocycles. The molecule has 164 valence electrons. The van der Waals surface area contributed by atoms with Crippen molar-refractivity contribution in [2.24, 2.45) is 0 Å². The number of methoxy groups -OCH3 is 1. The summed E-state index contributed by atoms with van der Waals surface area (Å²) in [5.41, 5.74) is 3.03. The fourth-order valence-corrected chi connectivity index (χ4v) is 4.04. The summed E-state index contributed by atoms with van der Waals surface area (Å²) in [4.78, 5) is 12.4.